The quantitative estimate of drug-likeness (QED) is 0.462. The van der Waals surface area contributed by atoms with Crippen LogP contribution >= 0.6 is 0 Å². The summed E-state index contributed by atoms with van der Waals surface area (Å²) in [6.07, 6.45) is 3.62. The van der Waals surface area contributed by atoms with Crippen molar-refractivity contribution in [3.05, 3.63) is 12.2 Å². The van der Waals surface area contributed by atoms with Crippen molar-refractivity contribution in [3.8, 4) is 0 Å². The van der Waals surface area contributed by atoms with Crippen molar-refractivity contribution < 1.29 is 19.1 Å². The van der Waals surface area contributed by atoms with E-state index in [1.54, 1.807) is 6.08 Å². The first-order valence-corrected chi connectivity index (χ1v) is 3.52. The summed E-state index contributed by atoms with van der Waals surface area (Å²) in [5.74, 6) is -0.704. The average Bonchev–Trinajstić information content (AvgIpc) is 2.11. The van der Waals surface area contributed by atoms with E-state index in [0.717, 1.165) is 0 Å². The third-order valence-corrected chi connectivity index (χ3v) is 1.20. The van der Waals surface area contributed by atoms with Crippen molar-refractivity contribution in [3.63, 3.8) is 0 Å². The molecule has 0 amide bonds. The molecule has 0 unspecified atom stereocenters. The van der Waals surface area contributed by atoms with Gasteiger partial charge in [-0.15, -0.1) is 0 Å². The van der Waals surface area contributed by atoms with Gasteiger partial charge in [-0.3, -0.25) is 4.79 Å². The van der Waals surface area contributed by atoms with E-state index in [9.17, 15) is 9.59 Å². The Kier molecular flexibility index (Phi) is 5.69. The second kappa shape index (κ2) is 6.39. The van der Waals surface area contributed by atoms with Gasteiger partial charge in [0.1, 0.15) is 0 Å². The molecule has 4 nitrogen and oxygen atoms in total. The predicted molar refractivity (Wildman–Crippen MR) is 42.4 cm³/mol. The summed E-state index contributed by atoms with van der Waals surface area (Å²) in [6, 6.07) is 0. The molecule has 0 aromatic carbocycles. The largest absolute Gasteiger partial charge is 0.469 e. The summed E-state index contributed by atoms with van der Waals surface area (Å²) in [6.45, 7) is 0. The van der Waals surface area contributed by atoms with Gasteiger partial charge in [-0.05, 0) is 6.42 Å². The highest BCUT2D eigenvalue weighted by atomic mass is 16.5. The number of hydrogen-bond acceptors (Lipinski definition) is 4. The van der Waals surface area contributed by atoms with Gasteiger partial charge in [-0.1, -0.05) is 6.08 Å². The van der Waals surface area contributed by atoms with Gasteiger partial charge < -0.3 is 9.47 Å². The summed E-state index contributed by atoms with van der Waals surface area (Å²) in [4.78, 5) is 21.1. The van der Waals surface area contributed by atoms with Gasteiger partial charge in [-0.2, -0.15) is 0 Å². The maximum atomic E-state index is 10.6. The molecule has 68 valence electrons. The van der Waals surface area contributed by atoms with Crippen molar-refractivity contribution >= 4 is 11.9 Å². The van der Waals surface area contributed by atoms with Crippen LogP contribution in [0.5, 0.6) is 0 Å². The minimum Gasteiger partial charge on any atom is -0.469 e. The Hall–Kier alpha value is -1.32. The smallest absolute Gasteiger partial charge is 0.330 e. The highest BCUT2D eigenvalue weighted by Gasteiger charge is 1.96. The molecule has 0 aliphatic heterocycles. The molecule has 4 heteroatoms. The molecule has 0 aromatic rings. The number of allylic oxidation sites excluding steroid dienone is 1. The molecular formula is C8H12O4. The SMILES string of the molecule is COC(=O)C=CCCC(=O)OC. The van der Waals surface area contributed by atoms with E-state index in [1.807, 2.05) is 0 Å². The average molecular weight is 172 g/mol. The minimum absolute atomic E-state index is 0.282. The van der Waals surface area contributed by atoms with Crippen molar-refractivity contribution in [2.75, 3.05) is 14.2 Å². The van der Waals surface area contributed by atoms with E-state index < -0.39 is 5.97 Å². The van der Waals surface area contributed by atoms with E-state index in [2.05, 4.69) is 9.47 Å². The number of methoxy groups -OCH3 is 2. The zero-order valence-electron chi connectivity index (χ0n) is 7.20. The fraction of sp³-hybridized carbons (Fsp3) is 0.500. The molecule has 0 atom stereocenters. The molecule has 0 rings (SSSR count). The standard InChI is InChI=1S/C8H12O4/c1-11-7(9)5-3-4-6-8(10)12-2/h3,5H,4,6H2,1-2H3. The normalized spacial score (nSPS) is 9.83. The Morgan fingerprint density at radius 3 is 2.42 bits per heavy atom. The molecule has 0 saturated carbocycles. The number of carbonyl (C=O) groups excluding carboxylic acids is 2. The van der Waals surface area contributed by atoms with Crippen LogP contribution in [0.4, 0.5) is 0 Å². The summed E-state index contributed by atoms with van der Waals surface area (Å²) in [5.41, 5.74) is 0. The summed E-state index contributed by atoms with van der Waals surface area (Å²) < 4.78 is 8.74. The number of ether oxygens (including phenoxy) is 2. The first kappa shape index (κ1) is 10.7. The van der Waals surface area contributed by atoms with Crippen LogP contribution in [0.2, 0.25) is 0 Å². The molecule has 0 fully saturated rings. The van der Waals surface area contributed by atoms with Gasteiger partial charge in [0.05, 0.1) is 14.2 Å². The van der Waals surface area contributed by atoms with Crippen molar-refractivity contribution in [2.45, 2.75) is 12.8 Å². The zero-order chi connectivity index (χ0) is 9.40. The van der Waals surface area contributed by atoms with E-state index in [1.165, 1.54) is 20.3 Å². The van der Waals surface area contributed by atoms with E-state index >= 15 is 0 Å². The fourth-order valence-corrected chi connectivity index (χ4v) is 0.551. The predicted octanol–water partition coefficient (Wildman–Crippen LogP) is 0.669. The second-order valence-electron chi connectivity index (χ2n) is 2.04. The van der Waals surface area contributed by atoms with Crippen LogP contribution in [0, 0.1) is 0 Å². The van der Waals surface area contributed by atoms with E-state index in [4.69, 9.17) is 0 Å². The first-order valence-electron chi connectivity index (χ1n) is 3.52. The van der Waals surface area contributed by atoms with Gasteiger partial charge >= 0.3 is 11.9 Å². The molecule has 0 radical (unpaired) electrons. The summed E-state index contributed by atoms with van der Waals surface area (Å²) in [5, 5.41) is 0. The minimum atomic E-state index is -0.417. The number of rotatable bonds is 4. The van der Waals surface area contributed by atoms with Gasteiger partial charge in [0, 0.05) is 12.5 Å². The van der Waals surface area contributed by atoms with Crippen LogP contribution in [0.15, 0.2) is 12.2 Å². The lowest BCUT2D eigenvalue weighted by Crippen LogP contribution is -1.99. The number of esters is 2. The Morgan fingerprint density at radius 1 is 1.25 bits per heavy atom. The van der Waals surface area contributed by atoms with Crippen LogP contribution < -0.4 is 0 Å². The lowest BCUT2D eigenvalue weighted by atomic mass is 10.3. The van der Waals surface area contributed by atoms with Gasteiger partial charge in [0.15, 0.2) is 0 Å². The van der Waals surface area contributed by atoms with Gasteiger partial charge in [0.25, 0.3) is 0 Å². The van der Waals surface area contributed by atoms with Crippen LogP contribution in [-0.4, -0.2) is 26.2 Å². The lowest BCUT2D eigenvalue weighted by molar-refractivity contribution is -0.140. The molecule has 0 saturated heterocycles. The Morgan fingerprint density at radius 2 is 1.92 bits per heavy atom. The maximum Gasteiger partial charge on any atom is 0.330 e. The fourth-order valence-electron chi connectivity index (χ4n) is 0.551. The first-order chi connectivity index (χ1) is 5.70. The summed E-state index contributed by atoms with van der Waals surface area (Å²) in [7, 11) is 2.62. The molecule has 0 spiro atoms. The molecular weight excluding hydrogens is 160 g/mol. The van der Waals surface area contributed by atoms with Crippen molar-refractivity contribution in [2.24, 2.45) is 0 Å². The monoisotopic (exact) mass is 172 g/mol. The zero-order valence-corrected chi connectivity index (χ0v) is 7.20. The third kappa shape index (κ3) is 5.46. The van der Waals surface area contributed by atoms with Crippen LogP contribution in [0.3, 0.4) is 0 Å². The number of hydrogen-bond donors (Lipinski definition) is 0. The molecule has 0 heterocycles. The number of carbonyl (C=O) groups is 2. The van der Waals surface area contributed by atoms with Crippen LogP contribution in [0.25, 0.3) is 0 Å². The molecule has 0 aliphatic rings. The summed E-state index contributed by atoms with van der Waals surface area (Å²) >= 11 is 0. The van der Waals surface area contributed by atoms with Crippen LogP contribution in [-0.2, 0) is 19.1 Å². The Bertz CT molecular complexity index is 183. The van der Waals surface area contributed by atoms with Crippen molar-refractivity contribution in [1.82, 2.24) is 0 Å². The molecule has 12 heavy (non-hydrogen) atoms. The molecule has 0 aromatic heterocycles. The van der Waals surface area contributed by atoms with Gasteiger partial charge in [-0.25, -0.2) is 4.79 Å². The maximum absolute atomic E-state index is 10.6. The highest BCUT2D eigenvalue weighted by molar-refractivity contribution is 5.81. The molecule has 0 N–H and O–H groups in total. The Balaban J connectivity index is 3.48. The van der Waals surface area contributed by atoms with Gasteiger partial charge in [0.2, 0.25) is 0 Å². The van der Waals surface area contributed by atoms with Crippen LogP contribution in [0.1, 0.15) is 12.8 Å². The van der Waals surface area contributed by atoms with E-state index in [-0.39, 0.29) is 12.4 Å². The second-order valence-corrected chi connectivity index (χ2v) is 2.04. The van der Waals surface area contributed by atoms with Crippen molar-refractivity contribution in [1.29, 1.82) is 0 Å². The van der Waals surface area contributed by atoms with E-state index in [0.29, 0.717) is 6.42 Å². The topological polar surface area (TPSA) is 52.6 Å². The molecule has 0 aliphatic carbocycles. The highest BCUT2D eigenvalue weighted by Crippen LogP contribution is 1.93. The third-order valence-electron chi connectivity index (χ3n) is 1.20. The molecule has 0 bridgehead atoms. The Labute approximate surface area is 71.2 Å². The lowest BCUT2D eigenvalue weighted by Gasteiger charge is -1.93.